The lowest BCUT2D eigenvalue weighted by Gasteiger charge is -2.12. The maximum absolute atomic E-state index is 11.1. The van der Waals surface area contributed by atoms with E-state index in [4.69, 9.17) is 0 Å². The molecular formula is C16H21N5O4S2. The van der Waals surface area contributed by atoms with Gasteiger partial charge in [0.15, 0.2) is 5.96 Å². The summed E-state index contributed by atoms with van der Waals surface area (Å²) in [4.78, 5) is 15.8. The summed E-state index contributed by atoms with van der Waals surface area (Å²) in [6, 6.07) is 10.1. The number of rotatable bonds is 9. The third-order valence-electron chi connectivity index (χ3n) is 3.36. The van der Waals surface area contributed by atoms with E-state index in [0.29, 0.717) is 25.6 Å². The number of thiophene rings is 1. The third-order valence-corrected chi connectivity index (χ3v) is 4.96. The van der Waals surface area contributed by atoms with Gasteiger partial charge in [-0.1, -0.05) is 18.2 Å². The third kappa shape index (κ3) is 8.15. The number of nitro benzene ring substituents is 1. The Labute approximate surface area is 161 Å². The van der Waals surface area contributed by atoms with Crippen LogP contribution in [0.5, 0.6) is 0 Å². The summed E-state index contributed by atoms with van der Waals surface area (Å²) < 4.78 is 24.6. The summed E-state index contributed by atoms with van der Waals surface area (Å²) in [7, 11) is -3.24. The molecule has 2 rings (SSSR count). The molecule has 1 aromatic heterocycles. The average Bonchev–Trinajstić information content (AvgIpc) is 3.13. The van der Waals surface area contributed by atoms with Gasteiger partial charge in [-0.25, -0.2) is 18.1 Å². The van der Waals surface area contributed by atoms with Gasteiger partial charge < -0.3 is 10.6 Å². The van der Waals surface area contributed by atoms with Gasteiger partial charge in [0, 0.05) is 30.1 Å². The highest BCUT2D eigenvalue weighted by Gasteiger charge is 2.05. The van der Waals surface area contributed by atoms with E-state index >= 15 is 0 Å². The fraction of sp³-hybridized carbons (Fsp3) is 0.312. The molecule has 0 saturated heterocycles. The van der Waals surface area contributed by atoms with E-state index in [9.17, 15) is 18.5 Å². The van der Waals surface area contributed by atoms with Crippen LogP contribution in [0.3, 0.4) is 0 Å². The normalized spacial score (nSPS) is 12.0. The smallest absolute Gasteiger partial charge is 0.269 e. The van der Waals surface area contributed by atoms with E-state index in [2.05, 4.69) is 20.3 Å². The second-order valence-electron chi connectivity index (χ2n) is 5.61. The van der Waals surface area contributed by atoms with Crippen LogP contribution in [-0.2, 0) is 23.1 Å². The maximum Gasteiger partial charge on any atom is 0.269 e. The van der Waals surface area contributed by atoms with Gasteiger partial charge >= 0.3 is 0 Å². The molecule has 2 aromatic rings. The minimum atomic E-state index is -3.24. The van der Waals surface area contributed by atoms with Crippen molar-refractivity contribution in [3.8, 4) is 0 Å². The molecule has 0 saturated carbocycles. The quantitative estimate of drug-likeness (QED) is 0.188. The zero-order chi connectivity index (χ0) is 19.7. The molecule has 0 aliphatic carbocycles. The Morgan fingerprint density at radius 3 is 2.52 bits per heavy atom. The monoisotopic (exact) mass is 411 g/mol. The van der Waals surface area contributed by atoms with Gasteiger partial charge in [0.25, 0.3) is 5.69 Å². The van der Waals surface area contributed by atoms with E-state index in [1.165, 1.54) is 12.1 Å². The molecule has 3 N–H and O–H groups in total. The number of hydrogen-bond acceptors (Lipinski definition) is 6. The number of guanidine groups is 1. The van der Waals surface area contributed by atoms with Gasteiger partial charge in [0.2, 0.25) is 10.0 Å². The molecule has 0 atom stereocenters. The molecule has 146 valence electrons. The summed E-state index contributed by atoms with van der Waals surface area (Å²) in [6.07, 6.45) is 1.10. The molecule has 11 heteroatoms. The van der Waals surface area contributed by atoms with Gasteiger partial charge in [-0.2, -0.15) is 0 Å². The number of nitrogens with zero attached hydrogens (tertiary/aromatic N) is 2. The second-order valence-corrected chi connectivity index (χ2v) is 8.48. The summed E-state index contributed by atoms with van der Waals surface area (Å²) >= 11 is 1.61. The number of aliphatic imine (C=N–C) groups is 1. The topological polar surface area (TPSA) is 126 Å². The molecule has 27 heavy (non-hydrogen) atoms. The highest BCUT2D eigenvalue weighted by atomic mass is 32.2. The van der Waals surface area contributed by atoms with Crippen molar-refractivity contribution < 1.29 is 13.3 Å². The highest BCUT2D eigenvalue weighted by Crippen LogP contribution is 2.12. The number of sulfonamides is 1. The van der Waals surface area contributed by atoms with Crippen molar-refractivity contribution in [3.63, 3.8) is 0 Å². The second kappa shape index (κ2) is 10.00. The van der Waals surface area contributed by atoms with Crippen molar-refractivity contribution in [1.82, 2.24) is 15.4 Å². The molecule has 1 heterocycles. The molecule has 0 aliphatic heterocycles. The first-order valence-electron chi connectivity index (χ1n) is 8.06. The Bertz CT molecular complexity index is 865. The van der Waals surface area contributed by atoms with Crippen molar-refractivity contribution in [2.75, 3.05) is 19.3 Å². The first kappa shape index (κ1) is 20.8. The van der Waals surface area contributed by atoms with Crippen LogP contribution in [0.2, 0.25) is 0 Å². The molecule has 0 radical (unpaired) electrons. The van der Waals surface area contributed by atoms with Crippen LogP contribution < -0.4 is 15.4 Å². The summed E-state index contributed by atoms with van der Waals surface area (Å²) in [5.74, 6) is 0.525. The Morgan fingerprint density at radius 1 is 1.19 bits per heavy atom. The van der Waals surface area contributed by atoms with Crippen LogP contribution in [0.15, 0.2) is 46.8 Å². The Hall–Kier alpha value is -2.50. The van der Waals surface area contributed by atoms with Crippen molar-refractivity contribution in [1.29, 1.82) is 0 Å². The lowest BCUT2D eigenvalue weighted by molar-refractivity contribution is -0.384. The molecule has 1 aromatic carbocycles. The zero-order valence-corrected chi connectivity index (χ0v) is 16.3. The van der Waals surface area contributed by atoms with E-state index in [1.807, 2.05) is 17.5 Å². The largest absolute Gasteiger partial charge is 0.355 e. The van der Waals surface area contributed by atoms with Crippen LogP contribution in [-0.4, -0.2) is 38.6 Å². The zero-order valence-electron chi connectivity index (χ0n) is 14.7. The number of nitro groups is 1. The standard InChI is InChI=1S/C16H21N5O4S2/c1-27(24,25)20-9-8-17-16(19-12-15-3-2-10-26-15)18-11-13-4-6-14(7-5-13)21(22)23/h2-7,10,20H,8-9,11-12H2,1H3,(H2,17,18,19). The van der Waals surface area contributed by atoms with Crippen LogP contribution in [0, 0.1) is 10.1 Å². The lowest BCUT2D eigenvalue weighted by Crippen LogP contribution is -2.41. The molecule has 0 fully saturated rings. The lowest BCUT2D eigenvalue weighted by atomic mass is 10.2. The highest BCUT2D eigenvalue weighted by molar-refractivity contribution is 7.88. The van der Waals surface area contributed by atoms with Crippen LogP contribution >= 0.6 is 11.3 Å². The predicted molar refractivity (Wildman–Crippen MR) is 106 cm³/mol. The molecule has 0 aliphatic rings. The van der Waals surface area contributed by atoms with Crippen molar-refractivity contribution in [2.45, 2.75) is 13.1 Å². The first-order chi connectivity index (χ1) is 12.8. The van der Waals surface area contributed by atoms with Crippen LogP contribution in [0.25, 0.3) is 0 Å². The summed E-state index contributed by atoms with van der Waals surface area (Å²) in [6.45, 7) is 1.51. The van der Waals surface area contributed by atoms with Gasteiger partial charge in [-0.05, 0) is 17.0 Å². The SMILES string of the molecule is CS(=O)(=O)NCCNC(=NCc1ccc([N+](=O)[O-])cc1)NCc1cccs1. The first-order valence-corrected chi connectivity index (χ1v) is 10.8. The van der Waals surface area contributed by atoms with Crippen LogP contribution in [0.4, 0.5) is 5.69 Å². The predicted octanol–water partition coefficient (Wildman–Crippen LogP) is 1.44. The van der Waals surface area contributed by atoms with Crippen molar-refractivity contribution >= 4 is 33.0 Å². The van der Waals surface area contributed by atoms with E-state index in [1.54, 1.807) is 23.5 Å². The van der Waals surface area contributed by atoms with E-state index in [-0.39, 0.29) is 12.2 Å². The van der Waals surface area contributed by atoms with E-state index in [0.717, 1.165) is 16.7 Å². The average molecular weight is 412 g/mol. The number of benzene rings is 1. The Balaban J connectivity index is 1.95. The van der Waals surface area contributed by atoms with Gasteiger partial charge in [0.1, 0.15) is 0 Å². The molecule has 0 bridgehead atoms. The maximum atomic E-state index is 11.1. The number of nitrogens with one attached hydrogen (secondary N) is 3. The minimum absolute atomic E-state index is 0.0312. The fourth-order valence-electron chi connectivity index (χ4n) is 2.07. The Morgan fingerprint density at radius 2 is 1.93 bits per heavy atom. The molecule has 0 spiro atoms. The van der Waals surface area contributed by atoms with Gasteiger partial charge in [0.05, 0.1) is 24.3 Å². The van der Waals surface area contributed by atoms with Gasteiger partial charge in [-0.3, -0.25) is 10.1 Å². The Kier molecular flexibility index (Phi) is 7.70. The number of non-ortho nitro benzene ring substituents is 1. The number of hydrogen-bond donors (Lipinski definition) is 3. The molecule has 9 nitrogen and oxygen atoms in total. The van der Waals surface area contributed by atoms with Crippen LogP contribution in [0.1, 0.15) is 10.4 Å². The van der Waals surface area contributed by atoms with E-state index < -0.39 is 14.9 Å². The minimum Gasteiger partial charge on any atom is -0.355 e. The molecule has 0 amide bonds. The summed E-state index contributed by atoms with van der Waals surface area (Å²) in [5.41, 5.74) is 0.857. The van der Waals surface area contributed by atoms with Crippen molar-refractivity contribution in [2.24, 2.45) is 4.99 Å². The summed E-state index contributed by atoms with van der Waals surface area (Å²) in [5, 5.41) is 18.9. The van der Waals surface area contributed by atoms with Gasteiger partial charge in [-0.15, -0.1) is 11.3 Å². The molecule has 0 unspecified atom stereocenters. The fourth-order valence-corrected chi connectivity index (χ4v) is 3.19. The van der Waals surface area contributed by atoms with Crippen molar-refractivity contribution in [3.05, 3.63) is 62.3 Å². The molecular weight excluding hydrogens is 390 g/mol.